The third-order valence-corrected chi connectivity index (χ3v) is 5.41. The molecular formula is C23H27FN4O2. The number of likely N-dealkylation sites (N-methyl/N-ethyl adjacent to an activating group) is 1. The molecule has 0 saturated heterocycles. The summed E-state index contributed by atoms with van der Waals surface area (Å²) in [5, 5.41) is 15.1. The molecule has 2 aromatic carbocycles. The molecule has 2 amide bonds. The van der Waals surface area contributed by atoms with E-state index in [0.29, 0.717) is 24.4 Å². The summed E-state index contributed by atoms with van der Waals surface area (Å²) in [6.45, 7) is 5.23. The summed E-state index contributed by atoms with van der Waals surface area (Å²) in [5.41, 5.74) is 2.63. The van der Waals surface area contributed by atoms with E-state index in [9.17, 15) is 14.4 Å². The van der Waals surface area contributed by atoms with Crippen molar-refractivity contribution in [3.63, 3.8) is 0 Å². The first-order valence-electron chi connectivity index (χ1n) is 10.2. The van der Waals surface area contributed by atoms with Crippen molar-refractivity contribution in [1.82, 2.24) is 5.32 Å². The van der Waals surface area contributed by atoms with E-state index in [1.54, 1.807) is 19.2 Å². The van der Waals surface area contributed by atoms with Crippen LogP contribution in [0.25, 0.3) is 0 Å². The number of ether oxygens (including phenoxy) is 1. The molecule has 1 heterocycles. The summed E-state index contributed by atoms with van der Waals surface area (Å²) in [7, 11) is 1.60. The van der Waals surface area contributed by atoms with E-state index in [0.717, 1.165) is 24.1 Å². The molecular weight excluding hydrogens is 383 g/mol. The number of rotatable bonds is 7. The lowest BCUT2D eigenvalue weighted by molar-refractivity contribution is 0.252. The third kappa shape index (κ3) is 4.18. The Morgan fingerprint density at radius 3 is 2.70 bits per heavy atom. The second-order valence-electron chi connectivity index (χ2n) is 7.24. The fourth-order valence-electron chi connectivity index (χ4n) is 3.90. The van der Waals surface area contributed by atoms with Crippen LogP contribution in [0.3, 0.4) is 0 Å². The zero-order chi connectivity index (χ0) is 21.7. The van der Waals surface area contributed by atoms with Gasteiger partial charge >= 0.3 is 6.03 Å². The molecule has 0 spiro atoms. The number of nitriles is 1. The van der Waals surface area contributed by atoms with Gasteiger partial charge in [-0.2, -0.15) is 5.26 Å². The molecule has 2 N–H and O–H groups in total. The summed E-state index contributed by atoms with van der Waals surface area (Å²) in [6, 6.07) is 12.0. The van der Waals surface area contributed by atoms with Gasteiger partial charge in [-0.15, -0.1) is 0 Å². The van der Waals surface area contributed by atoms with Crippen molar-refractivity contribution >= 4 is 17.4 Å². The summed E-state index contributed by atoms with van der Waals surface area (Å²) in [5.74, 6) is -0.245. The van der Waals surface area contributed by atoms with Crippen LogP contribution >= 0.6 is 0 Å². The van der Waals surface area contributed by atoms with Gasteiger partial charge < -0.3 is 20.3 Å². The Bertz CT molecular complexity index is 957. The number of methoxy groups -OCH3 is 1. The Hall–Kier alpha value is -3.27. The molecule has 3 rings (SSSR count). The maximum atomic E-state index is 14.8. The predicted octanol–water partition coefficient (Wildman–Crippen LogP) is 4.94. The SMILES string of the molecule is CCCCNC(=O)Nc1ccc(C2C(C#N)c3ccc(OC)cc3N2CC)cc1F. The number of nitrogens with zero attached hydrogens (tertiary/aromatic N) is 2. The molecule has 30 heavy (non-hydrogen) atoms. The summed E-state index contributed by atoms with van der Waals surface area (Å²) >= 11 is 0. The number of unbranched alkanes of at least 4 members (excludes halogenated alkanes) is 1. The Balaban J connectivity index is 1.86. The van der Waals surface area contributed by atoms with E-state index in [4.69, 9.17) is 4.74 Å². The summed E-state index contributed by atoms with van der Waals surface area (Å²) in [4.78, 5) is 14.0. The van der Waals surface area contributed by atoms with Gasteiger partial charge in [-0.3, -0.25) is 0 Å². The largest absolute Gasteiger partial charge is 0.497 e. The van der Waals surface area contributed by atoms with Crippen LogP contribution in [0, 0.1) is 17.1 Å². The van der Waals surface area contributed by atoms with E-state index in [1.807, 2.05) is 32.0 Å². The molecule has 0 aliphatic carbocycles. The number of halogens is 1. The van der Waals surface area contributed by atoms with Gasteiger partial charge in [-0.25, -0.2) is 9.18 Å². The lowest BCUT2D eigenvalue weighted by atomic mass is 9.91. The van der Waals surface area contributed by atoms with Gasteiger partial charge in [0, 0.05) is 24.8 Å². The fraction of sp³-hybridized carbons (Fsp3) is 0.391. The summed E-state index contributed by atoms with van der Waals surface area (Å²) < 4.78 is 20.1. The number of benzene rings is 2. The minimum absolute atomic E-state index is 0.112. The van der Waals surface area contributed by atoms with Gasteiger partial charge in [-0.1, -0.05) is 25.5 Å². The molecule has 1 aliphatic rings. The van der Waals surface area contributed by atoms with Gasteiger partial charge in [0.05, 0.1) is 30.8 Å². The molecule has 2 atom stereocenters. The molecule has 0 aromatic heterocycles. The number of fused-ring (bicyclic) bond motifs is 1. The molecule has 1 aliphatic heterocycles. The first-order valence-corrected chi connectivity index (χ1v) is 10.2. The average molecular weight is 410 g/mol. The van der Waals surface area contributed by atoms with Crippen molar-refractivity contribution in [2.75, 3.05) is 30.4 Å². The van der Waals surface area contributed by atoms with E-state index < -0.39 is 17.8 Å². The molecule has 0 bridgehead atoms. The minimum atomic E-state index is -0.528. The third-order valence-electron chi connectivity index (χ3n) is 5.41. The number of carbonyl (C=O) groups excluding carboxylic acids is 1. The van der Waals surface area contributed by atoms with Crippen LogP contribution in [-0.4, -0.2) is 26.2 Å². The normalized spacial score (nSPS) is 17.2. The predicted molar refractivity (Wildman–Crippen MR) is 115 cm³/mol. The molecule has 0 saturated carbocycles. The minimum Gasteiger partial charge on any atom is -0.497 e. The Morgan fingerprint density at radius 2 is 2.07 bits per heavy atom. The number of anilines is 2. The van der Waals surface area contributed by atoms with E-state index in [-0.39, 0.29) is 11.7 Å². The van der Waals surface area contributed by atoms with Crippen molar-refractivity contribution in [3.05, 3.63) is 53.3 Å². The van der Waals surface area contributed by atoms with E-state index in [1.165, 1.54) is 6.07 Å². The lowest BCUT2D eigenvalue weighted by Crippen LogP contribution is -2.30. The van der Waals surface area contributed by atoms with Crippen molar-refractivity contribution in [1.29, 1.82) is 5.26 Å². The second kappa shape index (κ2) is 9.49. The molecule has 0 fully saturated rings. The summed E-state index contributed by atoms with van der Waals surface area (Å²) in [6.07, 6.45) is 1.83. The van der Waals surface area contributed by atoms with Crippen LogP contribution in [-0.2, 0) is 0 Å². The Morgan fingerprint density at radius 1 is 1.27 bits per heavy atom. The highest BCUT2D eigenvalue weighted by Crippen LogP contribution is 2.49. The van der Waals surface area contributed by atoms with Gasteiger partial charge in [0.2, 0.25) is 0 Å². The zero-order valence-corrected chi connectivity index (χ0v) is 17.5. The molecule has 2 aromatic rings. The van der Waals surface area contributed by atoms with Crippen LogP contribution in [0.2, 0.25) is 0 Å². The van der Waals surface area contributed by atoms with Crippen LogP contribution < -0.4 is 20.3 Å². The monoisotopic (exact) mass is 410 g/mol. The maximum absolute atomic E-state index is 14.8. The van der Waals surface area contributed by atoms with Crippen LogP contribution in [0.15, 0.2) is 36.4 Å². The number of hydrogen-bond acceptors (Lipinski definition) is 4. The smallest absolute Gasteiger partial charge is 0.319 e. The molecule has 7 heteroatoms. The number of nitrogens with one attached hydrogen (secondary N) is 2. The standard InChI is InChI=1S/C23H27FN4O2/c1-4-6-11-26-23(29)27-20-10-7-15(12-19(20)24)22-18(14-25)17-9-8-16(30-3)13-21(17)28(22)5-2/h7-10,12-13,18,22H,4-6,11H2,1-3H3,(H2,26,27,29). The van der Waals surface area contributed by atoms with E-state index >= 15 is 0 Å². The van der Waals surface area contributed by atoms with Crippen molar-refractivity contribution in [2.24, 2.45) is 0 Å². The highest BCUT2D eigenvalue weighted by atomic mass is 19.1. The van der Waals surface area contributed by atoms with Gasteiger partial charge in [0.15, 0.2) is 0 Å². The Labute approximate surface area is 176 Å². The molecule has 6 nitrogen and oxygen atoms in total. The van der Waals surface area contributed by atoms with Gasteiger partial charge in [0.1, 0.15) is 11.6 Å². The van der Waals surface area contributed by atoms with Crippen LogP contribution in [0.5, 0.6) is 5.75 Å². The average Bonchev–Trinajstić information content (AvgIpc) is 3.07. The number of hydrogen-bond donors (Lipinski definition) is 2. The van der Waals surface area contributed by atoms with Gasteiger partial charge in [-0.05, 0) is 42.7 Å². The number of carbonyl (C=O) groups is 1. The highest BCUT2D eigenvalue weighted by Gasteiger charge is 2.39. The fourth-order valence-corrected chi connectivity index (χ4v) is 3.90. The molecule has 2 unspecified atom stereocenters. The highest BCUT2D eigenvalue weighted by molar-refractivity contribution is 5.89. The van der Waals surface area contributed by atoms with Gasteiger partial charge in [0.25, 0.3) is 0 Å². The number of amides is 2. The quantitative estimate of drug-likeness (QED) is 0.634. The zero-order valence-electron chi connectivity index (χ0n) is 17.5. The number of urea groups is 1. The Kier molecular flexibility index (Phi) is 6.78. The first kappa shape index (κ1) is 21.4. The lowest BCUT2D eigenvalue weighted by Gasteiger charge is -2.28. The second-order valence-corrected chi connectivity index (χ2v) is 7.24. The van der Waals surface area contributed by atoms with Crippen LogP contribution in [0.4, 0.5) is 20.6 Å². The molecule has 158 valence electrons. The maximum Gasteiger partial charge on any atom is 0.319 e. The van der Waals surface area contributed by atoms with Crippen LogP contribution in [0.1, 0.15) is 49.8 Å². The first-order chi connectivity index (χ1) is 14.5. The topological polar surface area (TPSA) is 77.4 Å². The van der Waals surface area contributed by atoms with Crippen molar-refractivity contribution < 1.29 is 13.9 Å². The van der Waals surface area contributed by atoms with Crippen molar-refractivity contribution in [2.45, 2.75) is 38.6 Å². The van der Waals surface area contributed by atoms with Crippen molar-refractivity contribution in [3.8, 4) is 11.8 Å². The van der Waals surface area contributed by atoms with E-state index in [2.05, 4.69) is 21.6 Å². The molecule has 0 radical (unpaired) electrons.